The van der Waals surface area contributed by atoms with Crippen molar-refractivity contribution in [2.45, 2.75) is 38.7 Å². The van der Waals surface area contributed by atoms with Crippen LogP contribution in [0.25, 0.3) is 0 Å². The molecular formula is C16H26NO2+. The zero-order valence-electron chi connectivity index (χ0n) is 11.9. The summed E-state index contributed by atoms with van der Waals surface area (Å²) in [6, 6.07) is 7.98. The molecular weight excluding hydrogens is 238 g/mol. The van der Waals surface area contributed by atoms with Gasteiger partial charge < -0.3 is 14.7 Å². The zero-order chi connectivity index (χ0) is 13.5. The molecule has 106 valence electrons. The van der Waals surface area contributed by atoms with Crippen molar-refractivity contribution < 1.29 is 14.7 Å². The Morgan fingerprint density at radius 2 is 1.74 bits per heavy atom. The lowest BCUT2D eigenvalue weighted by molar-refractivity contribution is -0.902. The van der Waals surface area contributed by atoms with E-state index in [2.05, 4.69) is 6.92 Å². The average molecular weight is 264 g/mol. The van der Waals surface area contributed by atoms with Gasteiger partial charge in [-0.05, 0) is 44.7 Å². The Labute approximate surface area is 116 Å². The molecule has 3 heteroatoms. The van der Waals surface area contributed by atoms with Gasteiger partial charge in [-0.2, -0.15) is 0 Å². The molecule has 1 heterocycles. The molecule has 0 aliphatic carbocycles. The molecule has 0 spiro atoms. The summed E-state index contributed by atoms with van der Waals surface area (Å²) in [5.74, 6) is 0.843. The van der Waals surface area contributed by atoms with Crippen LogP contribution in [0.4, 0.5) is 0 Å². The van der Waals surface area contributed by atoms with E-state index in [1.54, 1.807) is 0 Å². The van der Waals surface area contributed by atoms with Crippen molar-refractivity contribution in [3.63, 3.8) is 0 Å². The fourth-order valence-corrected chi connectivity index (χ4v) is 2.65. The molecule has 0 bridgehead atoms. The Balaban J connectivity index is 1.71. The summed E-state index contributed by atoms with van der Waals surface area (Å²) < 4.78 is 5.63. The van der Waals surface area contributed by atoms with Crippen LogP contribution in [0.5, 0.6) is 5.75 Å². The van der Waals surface area contributed by atoms with Crippen LogP contribution >= 0.6 is 0 Å². The van der Waals surface area contributed by atoms with Crippen LogP contribution < -0.4 is 9.64 Å². The van der Waals surface area contributed by atoms with E-state index >= 15 is 0 Å². The Hall–Kier alpha value is -1.06. The van der Waals surface area contributed by atoms with E-state index < -0.39 is 0 Å². The minimum Gasteiger partial charge on any atom is -0.491 e. The number of aliphatic hydroxyl groups is 1. The van der Waals surface area contributed by atoms with Crippen LogP contribution in [0.1, 0.15) is 31.2 Å². The standard InChI is InChI=1S/C16H25NO2/c1-14-6-8-16(9-7-14)19-13-15(18)12-17-10-4-2-3-5-11-17/h6-9,15,18H,2-5,10-13H2,1H3/p+1/t15-/m0/s1. The second kappa shape index (κ2) is 7.51. The highest BCUT2D eigenvalue weighted by molar-refractivity contribution is 5.26. The summed E-state index contributed by atoms with van der Waals surface area (Å²) in [5.41, 5.74) is 1.22. The minimum absolute atomic E-state index is 0.366. The highest BCUT2D eigenvalue weighted by atomic mass is 16.5. The first kappa shape index (κ1) is 14.4. The molecule has 0 radical (unpaired) electrons. The lowest BCUT2D eigenvalue weighted by Crippen LogP contribution is -3.13. The summed E-state index contributed by atoms with van der Waals surface area (Å²) in [5, 5.41) is 10.1. The monoisotopic (exact) mass is 264 g/mol. The first-order valence-electron chi connectivity index (χ1n) is 7.45. The minimum atomic E-state index is -0.366. The van der Waals surface area contributed by atoms with E-state index in [0.29, 0.717) is 6.61 Å². The van der Waals surface area contributed by atoms with Crippen molar-refractivity contribution in [3.05, 3.63) is 29.8 Å². The van der Waals surface area contributed by atoms with Crippen molar-refractivity contribution in [1.29, 1.82) is 0 Å². The highest BCUT2D eigenvalue weighted by Crippen LogP contribution is 2.11. The Kier molecular flexibility index (Phi) is 5.67. The first-order valence-corrected chi connectivity index (χ1v) is 7.45. The Bertz CT molecular complexity index is 356. The average Bonchev–Trinajstić information content (AvgIpc) is 2.67. The molecule has 0 saturated carbocycles. The molecule has 1 fully saturated rings. The van der Waals surface area contributed by atoms with Crippen molar-refractivity contribution in [3.8, 4) is 5.75 Å². The molecule has 1 aromatic rings. The molecule has 1 saturated heterocycles. The topological polar surface area (TPSA) is 33.9 Å². The van der Waals surface area contributed by atoms with E-state index in [9.17, 15) is 5.11 Å². The number of benzene rings is 1. The van der Waals surface area contributed by atoms with E-state index in [4.69, 9.17) is 4.74 Å². The molecule has 2 N–H and O–H groups in total. The summed E-state index contributed by atoms with van der Waals surface area (Å²) in [6.45, 7) is 5.66. The smallest absolute Gasteiger partial charge is 0.137 e. The van der Waals surface area contributed by atoms with Crippen LogP contribution in [0.15, 0.2) is 24.3 Å². The van der Waals surface area contributed by atoms with Crippen molar-refractivity contribution in [2.24, 2.45) is 0 Å². The molecule has 1 aromatic carbocycles. The van der Waals surface area contributed by atoms with Gasteiger partial charge in [0.1, 0.15) is 25.0 Å². The number of hydrogen-bond acceptors (Lipinski definition) is 2. The van der Waals surface area contributed by atoms with Crippen LogP contribution in [0.3, 0.4) is 0 Å². The van der Waals surface area contributed by atoms with E-state index in [0.717, 1.165) is 12.3 Å². The van der Waals surface area contributed by atoms with Crippen molar-refractivity contribution in [1.82, 2.24) is 0 Å². The lowest BCUT2D eigenvalue weighted by atomic mass is 10.2. The van der Waals surface area contributed by atoms with Gasteiger partial charge in [-0.3, -0.25) is 0 Å². The third-order valence-corrected chi connectivity index (χ3v) is 3.80. The summed E-state index contributed by atoms with van der Waals surface area (Å²) >= 11 is 0. The van der Waals surface area contributed by atoms with Crippen molar-refractivity contribution in [2.75, 3.05) is 26.2 Å². The first-order chi connectivity index (χ1) is 9.24. The maximum Gasteiger partial charge on any atom is 0.137 e. The molecule has 1 aliphatic rings. The predicted molar refractivity (Wildman–Crippen MR) is 76.7 cm³/mol. The molecule has 1 atom stereocenters. The number of quaternary nitrogens is 1. The third kappa shape index (κ3) is 5.21. The maximum atomic E-state index is 10.1. The molecule has 19 heavy (non-hydrogen) atoms. The Morgan fingerprint density at radius 1 is 1.11 bits per heavy atom. The van der Waals surface area contributed by atoms with Gasteiger partial charge in [-0.15, -0.1) is 0 Å². The van der Waals surface area contributed by atoms with Gasteiger partial charge in [0.15, 0.2) is 0 Å². The highest BCUT2D eigenvalue weighted by Gasteiger charge is 2.17. The predicted octanol–water partition coefficient (Wildman–Crippen LogP) is 1.19. The normalized spacial score (nSPS) is 18.8. The fraction of sp³-hybridized carbons (Fsp3) is 0.625. The maximum absolute atomic E-state index is 10.1. The molecule has 3 nitrogen and oxygen atoms in total. The van der Waals surface area contributed by atoms with Gasteiger partial charge in [0.2, 0.25) is 0 Å². The Morgan fingerprint density at radius 3 is 2.37 bits per heavy atom. The van der Waals surface area contributed by atoms with E-state index in [1.165, 1.54) is 49.2 Å². The lowest BCUT2D eigenvalue weighted by Gasteiger charge is -2.20. The second-order valence-corrected chi connectivity index (χ2v) is 5.65. The zero-order valence-corrected chi connectivity index (χ0v) is 11.9. The quantitative estimate of drug-likeness (QED) is 0.838. The van der Waals surface area contributed by atoms with Gasteiger partial charge in [0.05, 0.1) is 13.1 Å². The van der Waals surface area contributed by atoms with Crippen molar-refractivity contribution >= 4 is 0 Å². The van der Waals surface area contributed by atoms with E-state index in [1.807, 2.05) is 24.3 Å². The van der Waals surface area contributed by atoms with Crippen LogP contribution in [-0.4, -0.2) is 37.5 Å². The number of rotatable bonds is 5. The molecule has 0 amide bonds. The van der Waals surface area contributed by atoms with Gasteiger partial charge in [0.25, 0.3) is 0 Å². The number of ether oxygens (including phenoxy) is 1. The number of aliphatic hydroxyl groups excluding tert-OH is 1. The summed E-state index contributed by atoms with van der Waals surface area (Å²) in [4.78, 5) is 1.53. The summed E-state index contributed by atoms with van der Waals surface area (Å²) in [7, 11) is 0. The van der Waals surface area contributed by atoms with Gasteiger partial charge in [-0.25, -0.2) is 0 Å². The van der Waals surface area contributed by atoms with Crippen LogP contribution in [0, 0.1) is 6.92 Å². The SMILES string of the molecule is Cc1ccc(OC[C@@H](O)C[NH+]2CCCCCC2)cc1. The molecule has 0 unspecified atom stereocenters. The number of aryl methyl sites for hydroxylation is 1. The molecule has 2 rings (SSSR count). The number of hydrogen-bond donors (Lipinski definition) is 2. The molecule has 0 aromatic heterocycles. The fourth-order valence-electron chi connectivity index (χ4n) is 2.65. The largest absolute Gasteiger partial charge is 0.491 e. The van der Waals surface area contributed by atoms with Gasteiger partial charge in [0, 0.05) is 0 Å². The third-order valence-electron chi connectivity index (χ3n) is 3.80. The van der Waals surface area contributed by atoms with E-state index in [-0.39, 0.29) is 6.10 Å². The number of nitrogens with one attached hydrogen (secondary N) is 1. The van der Waals surface area contributed by atoms with Crippen LogP contribution in [-0.2, 0) is 0 Å². The number of likely N-dealkylation sites (tertiary alicyclic amines) is 1. The molecule has 1 aliphatic heterocycles. The van der Waals surface area contributed by atoms with Gasteiger partial charge >= 0.3 is 0 Å². The van der Waals surface area contributed by atoms with Crippen LogP contribution in [0.2, 0.25) is 0 Å². The second-order valence-electron chi connectivity index (χ2n) is 5.65. The summed E-state index contributed by atoms with van der Waals surface area (Å²) in [6.07, 6.45) is 4.91. The van der Waals surface area contributed by atoms with Gasteiger partial charge in [-0.1, -0.05) is 17.7 Å².